The monoisotopic (exact) mass is 437 g/mol. The van der Waals surface area contributed by atoms with E-state index in [1.807, 2.05) is 49.4 Å². The van der Waals surface area contributed by atoms with Crippen molar-refractivity contribution in [1.82, 2.24) is 9.80 Å². The van der Waals surface area contributed by atoms with Crippen molar-refractivity contribution in [3.05, 3.63) is 70.1 Å². The summed E-state index contributed by atoms with van der Waals surface area (Å²) in [7, 11) is 3.80. The Hall–Kier alpha value is -3.32. The molecule has 1 fully saturated rings. The number of anilines is 1. The molecule has 1 saturated heterocycles. The van der Waals surface area contributed by atoms with Crippen LogP contribution in [0.5, 0.6) is 5.75 Å². The van der Waals surface area contributed by atoms with Gasteiger partial charge in [-0.25, -0.2) is 9.59 Å². The Bertz CT molecular complexity index is 1160. The van der Waals surface area contributed by atoms with Crippen LogP contribution >= 0.6 is 0 Å². The van der Waals surface area contributed by atoms with Crippen molar-refractivity contribution in [2.75, 3.05) is 32.5 Å². The van der Waals surface area contributed by atoms with E-state index in [0.717, 1.165) is 48.2 Å². The van der Waals surface area contributed by atoms with Crippen LogP contribution in [0, 0.1) is 6.92 Å². The summed E-state index contributed by atoms with van der Waals surface area (Å²) >= 11 is 0. The molecule has 1 N–H and O–H groups in total. The van der Waals surface area contributed by atoms with E-state index < -0.39 is 5.63 Å². The van der Waals surface area contributed by atoms with Crippen molar-refractivity contribution in [2.45, 2.75) is 32.4 Å². The summed E-state index contributed by atoms with van der Waals surface area (Å²) < 4.78 is 11.8. The van der Waals surface area contributed by atoms with Gasteiger partial charge < -0.3 is 24.3 Å². The zero-order chi connectivity index (χ0) is 22.7. The molecule has 0 radical (unpaired) electrons. The molecule has 170 valence electrons. The number of carbonyl (C=O) groups is 1. The summed E-state index contributed by atoms with van der Waals surface area (Å²) in [6.45, 7) is 4.34. The van der Waals surface area contributed by atoms with Gasteiger partial charge in [0.05, 0.1) is 0 Å². The summed E-state index contributed by atoms with van der Waals surface area (Å²) in [5.41, 5.74) is 1.81. The molecule has 1 aliphatic heterocycles. The van der Waals surface area contributed by atoms with Crippen molar-refractivity contribution in [2.24, 2.45) is 0 Å². The van der Waals surface area contributed by atoms with Crippen LogP contribution in [0.15, 0.2) is 57.7 Å². The molecule has 0 aliphatic carbocycles. The number of nitrogens with one attached hydrogen (secondary N) is 1. The summed E-state index contributed by atoms with van der Waals surface area (Å²) in [4.78, 5) is 29.0. The summed E-state index contributed by atoms with van der Waals surface area (Å²) in [6, 6.07) is 14.7. The SMILES string of the molecule is Cc1c(OC2CCN(C)CC2)ccc2cc(NC(=O)N(C)Cc3ccccc3)c(=O)oc12.[HH]. The number of fused-ring (bicyclic) bond motifs is 1. The maximum atomic E-state index is 12.6. The van der Waals surface area contributed by atoms with Gasteiger partial charge in [0.1, 0.15) is 23.1 Å². The number of nitrogens with zero attached hydrogens (tertiary/aromatic N) is 2. The van der Waals surface area contributed by atoms with Crippen LogP contribution in [-0.2, 0) is 6.54 Å². The minimum absolute atomic E-state index is 0. The number of rotatable bonds is 5. The van der Waals surface area contributed by atoms with Gasteiger partial charge in [0, 0.05) is 39.1 Å². The summed E-state index contributed by atoms with van der Waals surface area (Å²) in [6.07, 6.45) is 2.10. The zero-order valence-corrected chi connectivity index (χ0v) is 18.8. The highest BCUT2D eigenvalue weighted by atomic mass is 16.5. The van der Waals surface area contributed by atoms with E-state index in [-0.39, 0.29) is 19.2 Å². The second kappa shape index (κ2) is 9.44. The first kappa shape index (κ1) is 21.9. The number of carbonyl (C=O) groups excluding carboxylic acids is 1. The molecule has 1 aromatic heterocycles. The molecule has 2 amide bonds. The fraction of sp³-hybridized carbons (Fsp3) is 0.360. The molecule has 0 atom stereocenters. The van der Waals surface area contributed by atoms with E-state index in [9.17, 15) is 9.59 Å². The van der Waals surface area contributed by atoms with Gasteiger partial charge in [-0.15, -0.1) is 0 Å². The molecule has 1 aliphatic rings. The molecule has 2 aromatic carbocycles. The first-order valence-electron chi connectivity index (χ1n) is 10.9. The number of aryl methyl sites for hydroxylation is 1. The van der Waals surface area contributed by atoms with E-state index in [4.69, 9.17) is 9.15 Å². The maximum absolute atomic E-state index is 12.6. The Labute approximate surface area is 189 Å². The van der Waals surface area contributed by atoms with Gasteiger partial charge in [0.2, 0.25) is 0 Å². The molecule has 4 rings (SSSR count). The van der Waals surface area contributed by atoms with E-state index in [1.165, 1.54) is 4.90 Å². The largest absolute Gasteiger partial charge is 0.490 e. The number of amides is 2. The van der Waals surface area contributed by atoms with Crippen LogP contribution in [0.3, 0.4) is 0 Å². The fourth-order valence-corrected chi connectivity index (χ4v) is 3.94. The number of likely N-dealkylation sites (tertiary alicyclic amines) is 1. The molecule has 2 heterocycles. The normalized spacial score (nSPS) is 15.0. The van der Waals surface area contributed by atoms with Gasteiger partial charge in [-0.05, 0) is 50.6 Å². The van der Waals surface area contributed by atoms with Crippen molar-refractivity contribution in [3.8, 4) is 5.75 Å². The smallest absolute Gasteiger partial charge is 0.360 e. The van der Waals surface area contributed by atoms with Gasteiger partial charge in [0.15, 0.2) is 0 Å². The lowest BCUT2D eigenvalue weighted by molar-refractivity contribution is 0.113. The topological polar surface area (TPSA) is 75.0 Å². The summed E-state index contributed by atoms with van der Waals surface area (Å²) in [5, 5.41) is 3.41. The van der Waals surface area contributed by atoms with E-state index in [1.54, 1.807) is 13.1 Å². The van der Waals surface area contributed by atoms with Crippen molar-refractivity contribution in [1.29, 1.82) is 0 Å². The predicted molar refractivity (Wildman–Crippen MR) is 127 cm³/mol. The first-order chi connectivity index (χ1) is 15.4. The van der Waals surface area contributed by atoms with Crippen molar-refractivity contribution in [3.63, 3.8) is 0 Å². The minimum atomic E-state index is -0.585. The van der Waals surface area contributed by atoms with E-state index in [0.29, 0.717) is 12.1 Å². The average Bonchev–Trinajstić information content (AvgIpc) is 2.79. The molecule has 32 heavy (non-hydrogen) atoms. The zero-order valence-electron chi connectivity index (χ0n) is 18.8. The van der Waals surface area contributed by atoms with Crippen molar-refractivity contribution >= 4 is 22.7 Å². The van der Waals surface area contributed by atoms with Crippen LogP contribution in [0.2, 0.25) is 0 Å². The Balaban J connectivity index is 0.00000306. The van der Waals surface area contributed by atoms with Gasteiger partial charge in [-0.3, -0.25) is 0 Å². The predicted octanol–water partition coefficient (Wildman–Crippen LogP) is 4.48. The third-order valence-corrected chi connectivity index (χ3v) is 5.91. The number of benzene rings is 2. The molecule has 7 heteroatoms. The van der Waals surface area contributed by atoms with Crippen LogP contribution in [-0.4, -0.2) is 49.1 Å². The first-order valence-corrected chi connectivity index (χ1v) is 10.9. The highest BCUT2D eigenvalue weighted by Crippen LogP contribution is 2.29. The van der Waals surface area contributed by atoms with Crippen molar-refractivity contribution < 1.29 is 15.4 Å². The molecule has 0 unspecified atom stereocenters. The summed E-state index contributed by atoms with van der Waals surface area (Å²) in [5.74, 6) is 0.731. The standard InChI is InChI=1S/C25H29N3O4.H2/c1-17-22(31-20-11-13-27(2)14-12-20)10-9-19-15-21(24(29)32-23(17)19)26-25(30)28(3)16-18-7-5-4-6-8-18;/h4-10,15,20H,11-14,16H2,1-3H3,(H,26,30);1H. The van der Waals surface area contributed by atoms with Gasteiger partial charge in [0.25, 0.3) is 0 Å². The van der Waals surface area contributed by atoms with E-state index in [2.05, 4.69) is 17.3 Å². The maximum Gasteiger partial charge on any atom is 0.360 e. The molecule has 0 saturated carbocycles. The van der Waals surface area contributed by atoms with Crippen LogP contribution in [0.1, 0.15) is 25.4 Å². The van der Waals surface area contributed by atoms with Gasteiger partial charge in [-0.2, -0.15) is 0 Å². The number of ether oxygens (including phenoxy) is 1. The number of urea groups is 1. The van der Waals surface area contributed by atoms with Crippen LogP contribution < -0.4 is 15.7 Å². The Kier molecular flexibility index (Phi) is 6.46. The Morgan fingerprint density at radius 3 is 2.66 bits per heavy atom. The molecular formula is C25H31N3O4. The Morgan fingerprint density at radius 1 is 1.22 bits per heavy atom. The minimum Gasteiger partial charge on any atom is -0.490 e. The highest BCUT2D eigenvalue weighted by Gasteiger charge is 2.20. The van der Waals surface area contributed by atoms with Crippen LogP contribution in [0.4, 0.5) is 10.5 Å². The molecule has 0 spiro atoms. The van der Waals surface area contributed by atoms with Crippen LogP contribution in [0.25, 0.3) is 11.0 Å². The molecular weight excluding hydrogens is 406 g/mol. The average molecular weight is 438 g/mol. The Morgan fingerprint density at radius 2 is 1.94 bits per heavy atom. The fourth-order valence-electron chi connectivity index (χ4n) is 3.94. The highest BCUT2D eigenvalue weighted by molar-refractivity contribution is 5.92. The number of hydrogen-bond donors (Lipinski definition) is 1. The second-order valence-electron chi connectivity index (χ2n) is 8.45. The van der Waals surface area contributed by atoms with Gasteiger partial charge in [-0.1, -0.05) is 30.3 Å². The third kappa shape index (κ3) is 4.94. The quantitative estimate of drug-likeness (QED) is 0.596. The number of piperidine rings is 1. The lowest BCUT2D eigenvalue weighted by Crippen LogP contribution is -2.35. The third-order valence-electron chi connectivity index (χ3n) is 5.91. The van der Waals surface area contributed by atoms with E-state index >= 15 is 0 Å². The lowest BCUT2D eigenvalue weighted by Gasteiger charge is -2.29. The molecule has 7 nitrogen and oxygen atoms in total. The second-order valence-corrected chi connectivity index (χ2v) is 8.45. The van der Waals surface area contributed by atoms with Gasteiger partial charge >= 0.3 is 11.7 Å². The molecule has 3 aromatic rings. The molecule has 0 bridgehead atoms. The lowest BCUT2D eigenvalue weighted by atomic mass is 10.1. The number of hydrogen-bond acceptors (Lipinski definition) is 5.